The highest BCUT2D eigenvalue weighted by Crippen LogP contribution is 2.89. The summed E-state index contributed by atoms with van der Waals surface area (Å²) in [6, 6.07) is 0. The van der Waals surface area contributed by atoms with Crippen molar-refractivity contribution in [1.29, 1.82) is 0 Å². The van der Waals surface area contributed by atoms with Gasteiger partial charge in [-0.25, -0.2) is 0 Å². The molecule has 10 atom stereocenters. The van der Waals surface area contributed by atoms with Crippen molar-refractivity contribution in [2.24, 2.45) is 50.7 Å². The lowest BCUT2D eigenvalue weighted by molar-refractivity contribution is -0.174. The number of ether oxygens (including phenoxy) is 1. The third kappa shape index (κ3) is 3.05. The monoisotopic (exact) mass is 472 g/mol. The van der Waals surface area contributed by atoms with Gasteiger partial charge < -0.3 is 14.9 Å². The van der Waals surface area contributed by atoms with E-state index in [1.54, 1.807) is 7.11 Å². The van der Waals surface area contributed by atoms with Crippen LogP contribution in [-0.4, -0.2) is 35.6 Å². The molecule has 2 spiro atoms. The van der Waals surface area contributed by atoms with Crippen LogP contribution in [0.3, 0.4) is 0 Å². The Morgan fingerprint density at radius 2 is 1.62 bits per heavy atom. The topological polar surface area (TPSA) is 49.7 Å². The molecular formula is C31H52O3. The van der Waals surface area contributed by atoms with Crippen LogP contribution in [0.5, 0.6) is 0 Å². The van der Waals surface area contributed by atoms with Gasteiger partial charge >= 0.3 is 0 Å². The molecule has 3 nitrogen and oxygen atoms in total. The summed E-state index contributed by atoms with van der Waals surface area (Å²) < 4.78 is 5.60. The van der Waals surface area contributed by atoms with Crippen molar-refractivity contribution in [1.82, 2.24) is 0 Å². The van der Waals surface area contributed by atoms with Gasteiger partial charge in [-0.05, 0) is 123 Å². The molecule has 34 heavy (non-hydrogen) atoms. The average Bonchev–Trinajstić information content (AvgIpc) is 3.38. The molecule has 3 heteroatoms. The van der Waals surface area contributed by atoms with E-state index in [-0.39, 0.29) is 23.7 Å². The standard InChI is InChI=1S/C31H52O3/c1-21(9-8-14-26(2,3)34-7)22-12-15-29(6)24-11-10-23-27(4,20-32)25(33)13-16-30(23)19-31(24,30)18-17-28(22,29)5/h8,14,21-25,32-33H,9-13,15-20H2,1-7H3. The molecule has 0 aromatic rings. The van der Waals surface area contributed by atoms with Crippen molar-refractivity contribution < 1.29 is 14.9 Å². The van der Waals surface area contributed by atoms with Gasteiger partial charge in [-0.3, -0.25) is 0 Å². The van der Waals surface area contributed by atoms with Gasteiger partial charge in [0, 0.05) is 12.5 Å². The van der Waals surface area contributed by atoms with Crippen LogP contribution < -0.4 is 0 Å². The predicted octanol–water partition coefficient (Wildman–Crippen LogP) is 6.77. The zero-order chi connectivity index (χ0) is 24.8. The molecule has 0 radical (unpaired) electrons. The summed E-state index contributed by atoms with van der Waals surface area (Å²) >= 11 is 0. The fourth-order valence-corrected chi connectivity index (χ4v) is 11.1. The Hall–Kier alpha value is -0.380. The summed E-state index contributed by atoms with van der Waals surface area (Å²) in [5.41, 5.74) is 1.26. The van der Waals surface area contributed by atoms with Crippen molar-refractivity contribution in [3.05, 3.63) is 12.2 Å². The van der Waals surface area contributed by atoms with Gasteiger partial charge in [-0.1, -0.05) is 39.8 Å². The predicted molar refractivity (Wildman–Crippen MR) is 138 cm³/mol. The zero-order valence-corrected chi connectivity index (χ0v) is 23.1. The summed E-state index contributed by atoms with van der Waals surface area (Å²) in [6.07, 6.45) is 16.9. The lowest BCUT2D eigenvalue weighted by Crippen LogP contribution is -2.59. The maximum Gasteiger partial charge on any atom is 0.0802 e. The van der Waals surface area contributed by atoms with E-state index in [4.69, 9.17) is 4.74 Å². The fraction of sp³-hybridized carbons (Fsp3) is 0.935. The quantitative estimate of drug-likeness (QED) is 0.420. The summed E-state index contributed by atoms with van der Waals surface area (Å²) in [7, 11) is 1.80. The first-order valence-corrected chi connectivity index (χ1v) is 14.4. The van der Waals surface area contributed by atoms with Crippen LogP contribution >= 0.6 is 0 Å². The molecule has 5 aliphatic rings. The number of hydrogen-bond donors (Lipinski definition) is 2. The minimum atomic E-state index is -0.334. The van der Waals surface area contributed by atoms with Gasteiger partial charge in [0.25, 0.3) is 0 Å². The highest BCUT2D eigenvalue weighted by molar-refractivity contribution is 5.30. The first-order chi connectivity index (χ1) is 15.9. The van der Waals surface area contributed by atoms with Crippen LogP contribution in [-0.2, 0) is 4.74 Å². The van der Waals surface area contributed by atoms with E-state index in [9.17, 15) is 10.2 Å². The SMILES string of the molecule is COC(C)(C)C=CCC(C)C1CCC2(C)C3CCC4C(C)(CO)C(O)CCC45CC35CCC12C. The van der Waals surface area contributed by atoms with Crippen molar-refractivity contribution in [2.75, 3.05) is 13.7 Å². The van der Waals surface area contributed by atoms with Crippen LogP contribution in [0.2, 0.25) is 0 Å². The molecule has 0 heterocycles. The molecule has 5 rings (SSSR count). The average molecular weight is 473 g/mol. The van der Waals surface area contributed by atoms with Crippen molar-refractivity contribution >= 4 is 0 Å². The second-order valence-electron chi connectivity index (χ2n) is 14.8. The van der Waals surface area contributed by atoms with E-state index in [0.29, 0.717) is 33.5 Å². The molecule has 5 aliphatic carbocycles. The number of fused-ring (bicyclic) bond motifs is 2. The number of aliphatic hydroxyl groups is 2. The fourth-order valence-electron chi connectivity index (χ4n) is 11.1. The Bertz CT molecular complexity index is 835. The Morgan fingerprint density at radius 1 is 0.941 bits per heavy atom. The molecule has 5 saturated carbocycles. The lowest BCUT2D eigenvalue weighted by atomic mass is 9.41. The van der Waals surface area contributed by atoms with Gasteiger partial charge in [-0.15, -0.1) is 0 Å². The maximum atomic E-state index is 10.9. The van der Waals surface area contributed by atoms with E-state index < -0.39 is 0 Å². The third-order valence-corrected chi connectivity index (χ3v) is 13.5. The molecule has 10 unspecified atom stereocenters. The van der Waals surface area contributed by atoms with Crippen molar-refractivity contribution in [3.8, 4) is 0 Å². The molecule has 0 saturated heterocycles. The van der Waals surface area contributed by atoms with Crippen LogP contribution in [0.25, 0.3) is 0 Å². The van der Waals surface area contributed by atoms with Crippen LogP contribution in [0.1, 0.15) is 106 Å². The highest BCUT2D eigenvalue weighted by atomic mass is 16.5. The lowest BCUT2D eigenvalue weighted by Gasteiger charge is -2.63. The van der Waals surface area contributed by atoms with Gasteiger partial charge in [0.2, 0.25) is 0 Å². The van der Waals surface area contributed by atoms with E-state index in [2.05, 4.69) is 53.7 Å². The van der Waals surface area contributed by atoms with Crippen LogP contribution in [0, 0.1) is 50.7 Å². The molecule has 194 valence electrons. The number of aliphatic hydroxyl groups excluding tert-OH is 2. The summed E-state index contributed by atoms with van der Waals surface area (Å²) in [6.45, 7) is 14.5. The Labute approximate surface area is 209 Å². The summed E-state index contributed by atoms with van der Waals surface area (Å²) in [4.78, 5) is 0. The Morgan fingerprint density at radius 3 is 2.29 bits per heavy atom. The normalized spacial score (nSPS) is 53.1. The molecule has 0 aromatic carbocycles. The van der Waals surface area contributed by atoms with Gasteiger partial charge in [0.15, 0.2) is 0 Å². The van der Waals surface area contributed by atoms with Crippen LogP contribution in [0.4, 0.5) is 0 Å². The van der Waals surface area contributed by atoms with Gasteiger partial charge in [0.05, 0.1) is 18.3 Å². The van der Waals surface area contributed by atoms with Crippen molar-refractivity contribution in [2.45, 2.75) is 117 Å². The minimum absolute atomic E-state index is 0.142. The molecule has 0 aromatic heterocycles. The number of methoxy groups -OCH3 is 1. The highest BCUT2D eigenvalue weighted by Gasteiger charge is 2.82. The molecule has 5 fully saturated rings. The summed E-state index contributed by atoms with van der Waals surface area (Å²) in [5, 5.41) is 21.3. The van der Waals surface area contributed by atoms with E-state index >= 15 is 0 Å². The molecular weight excluding hydrogens is 420 g/mol. The second-order valence-corrected chi connectivity index (χ2v) is 14.8. The minimum Gasteiger partial charge on any atom is -0.396 e. The van der Waals surface area contributed by atoms with Gasteiger partial charge in [0.1, 0.15) is 0 Å². The third-order valence-electron chi connectivity index (χ3n) is 13.5. The second kappa shape index (κ2) is 7.81. The zero-order valence-electron chi connectivity index (χ0n) is 23.1. The maximum absolute atomic E-state index is 10.9. The van der Waals surface area contributed by atoms with E-state index in [0.717, 1.165) is 24.7 Å². The molecule has 2 N–H and O–H groups in total. The number of hydrogen-bond acceptors (Lipinski definition) is 3. The smallest absolute Gasteiger partial charge is 0.0802 e. The molecule has 0 aliphatic heterocycles. The first-order valence-electron chi connectivity index (χ1n) is 14.4. The number of allylic oxidation sites excluding steroid dienone is 1. The van der Waals surface area contributed by atoms with E-state index in [1.165, 1.54) is 51.4 Å². The first kappa shape index (κ1) is 25.3. The van der Waals surface area contributed by atoms with Gasteiger partial charge in [-0.2, -0.15) is 0 Å². The molecule has 0 bridgehead atoms. The van der Waals surface area contributed by atoms with Crippen LogP contribution in [0.15, 0.2) is 12.2 Å². The summed E-state index contributed by atoms with van der Waals surface area (Å²) in [5.74, 6) is 2.84. The van der Waals surface area contributed by atoms with E-state index in [1.807, 2.05) is 0 Å². The van der Waals surface area contributed by atoms with Crippen molar-refractivity contribution in [3.63, 3.8) is 0 Å². The number of rotatable bonds is 6. The Kier molecular flexibility index (Phi) is 5.81. The Balaban J connectivity index is 1.38. The molecule has 0 amide bonds. The largest absolute Gasteiger partial charge is 0.396 e.